The molecule has 0 aliphatic carbocycles. The largest absolute Gasteiger partial charge is 0.308 e. The normalized spacial score (nSPS) is 12.2. The summed E-state index contributed by atoms with van der Waals surface area (Å²) in [5, 5.41) is 1.69. The van der Waals surface area contributed by atoms with Gasteiger partial charge in [-0.05, 0) is 31.1 Å². The molecule has 0 saturated carbocycles. The summed E-state index contributed by atoms with van der Waals surface area (Å²) < 4.78 is 28.5. The standard InChI is InChI=1S/C21H24N2O2S/c1-22(2)15-16-23(17-18-9-4-3-5-10-18)26(24,25)21-14-8-12-19-11-6-7-13-20(19)21/h3-14H,15-17H2,1-2H3. The summed E-state index contributed by atoms with van der Waals surface area (Å²) in [4.78, 5) is 2.36. The van der Waals surface area contributed by atoms with E-state index in [2.05, 4.69) is 0 Å². The van der Waals surface area contributed by atoms with Gasteiger partial charge in [-0.3, -0.25) is 0 Å². The Labute approximate surface area is 155 Å². The van der Waals surface area contributed by atoms with Crippen molar-refractivity contribution in [1.29, 1.82) is 0 Å². The molecule has 0 radical (unpaired) electrons. The predicted octanol–water partition coefficient (Wildman–Crippen LogP) is 3.59. The summed E-state index contributed by atoms with van der Waals surface area (Å²) >= 11 is 0. The van der Waals surface area contributed by atoms with E-state index in [0.717, 1.165) is 16.3 Å². The van der Waals surface area contributed by atoms with Gasteiger partial charge in [-0.2, -0.15) is 4.31 Å². The lowest BCUT2D eigenvalue weighted by molar-refractivity contribution is 0.329. The predicted molar refractivity (Wildman–Crippen MR) is 107 cm³/mol. The number of fused-ring (bicyclic) bond motifs is 1. The minimum absolute atomic E-state index is 0.361. The molecule has 0 spiro atoms. The quantitative estimate of drug-likeness (QED) is 0.640. The number of nitrogens with zero attached hydrogens (tertiary/aromatic N) is 2. The van der Waals surface area contributed by atoms with Crippen LogP contribution in [0.5, 0.6) is 0 Å². The average molecular weight is 369 g/mol. The maximum absolute atomic E-state index is 13.5. The maximum atomic E-state index is 13.5. The Hall–Kier alpha value is -2.21. The van der Waals surface area contributed by atoms with Crippen molar-refractivity contribution in [2.75, 3.05) is 27.2 Å². The first-order valence-electron chi connectivity index (χ1n) is 8.65. The van der Waals surface area contributed by atoms with Crippen LogP contribution in [0.15, 0.2) is 77.7 Å². The molecule has 0 heterocycles. The summed E-state index contributed by atoms with van der Waals surface area (Å²) in [6.07, 6.45) is 0. The molecule has 0 aliphatic heterocycles. The topological polar surface area (TPSA) is 40.6 Å². The Morgan fingerprint density at radius 1 is 0.769 bits per heavy atom. The molecule has 0 saturated heterocycles. The van der Waals surface area contributed by atoms with Crippen molar-refractivity contribution in [3.63, 3.8) is 0 Å². The molecule has 3 aromatic rings. The zero-order chi connectivity index (χ0) is 18.6. The fourth-order valence-corrected chi connectivity index (χ4v) is 4.58. The minimum Gasteiger partial charge on any atom is -0.308 e. The smallest absolute Gasteiger partial charge is 0.244 e. The molecule has 26 heavy (non-hydrogen) atoms. The van der Waals surface area contributed by atoms with Crippen LogP contribution in [-0.4, -0.2) is 44.8 Å². The summed E-state index contributed by atoms with van der Waals surface area (Å²) in [7, 11) is 0.284. The van der Waals surface area contributed by atoms with E-state index in [1.165, 1.54) is 0 Å². The zero-order valence-corrected chi connectivity index (χ0v) is 16.0. The van der Waals surface area contributed by atoms with Crippen LogP contribution >= 0.6 is 0 Å². The van der Waals surface area contributed by atoms with Crippen molar-refractivity contribution < 1.29 is 8.42 Å². The summed E-state index contributed by atoms with van der Waals surface area (Å²) in [5.74, 6) is 0. The van der Waals surface area contributed by atoms with Crippen molar-refractivity contribution >= 4 is 20.8 Å². The Kier molecular flexibility index (Phi) is 5.71. The van der Waals surface area contributed by atoms with E-state index in [4.69, 9.17) is 0 Å². The molecular weight excluding hydrogens is 344 g/mol. The fraction of sp³-hybridized carbons (Fsp3) is 0.238. The highest BCUT2D eigenvalue weighted by atomic mass is 32.2. The fourth-order valence-electron chi connectivity index (χ4n) is 2.94. The van der Waals surface area contributed by atoms with Gasteiger partial charge in [0.15, 0.2) is 0 Å². The molecule has 5 heteroatoms. The van der Waals surface area contributed by atoms with Crippen molar-refractivity contribution in [3.8, 4) is 0 Å². The van der Waals surface area contributed by atoms with E-state index in [-0.39, 0.29) is 0 Å². The van der Waals surface area contributed by atoms with E-state index in [1.807, 2.05) is 85.7 Å². The lowest BCUT2D eigenvalue weighted by Crippen LogP contribution is -2.36. The number of benzene rings is 3. The third-order valence-electron chi connectivity index (χ3n) is 4.37. The van der Waals surface area contributed by atoms with Crippen LogP contribution in [0.2, 0.25) is 0 Å². The number of sulfonamides is 1. The number of rotatable bonds is 7. The molecule has 0 amide bonds. The van der Waals surface area contributed by atoms with Gasteiger partial charge in [0.1, 0.15) is 0 Å². The molecule has 136 valence electrons. The SMILES string of the molecule is CN(C)CCN(Cc1ccccc1)S(=O)(=O)c1cccc2ccccc12. The molecule has 0 aliphatic rings. The Morgan fingerprint density at radius 2 is 1.42 bits per heavy atom. The molecule has 0 aromatic heterocycles. The van der Waals surface area contributed by atoms with Crippen molar-refractivity contribution in [2.45, 2.75) is 11.4 Å². The van der Waals surface area contributed by atoms with Gasteiger partial charge in [0.05, 0.1) is 4.90 Å². The Morgan fingerprint density at radius 3 is 2.15 bits per heavy atom. The second kappa shape index (κ2) is 7.99. The van der Waals surface area contributed by atoms with Crippen molar-refractivity contribution in [1.82, 2.24) is 9.21 Å². The van der Waals surface area contributed by atoms with E-state index in [1.54, 1.807) is 10.4 Å². The molecule has 0 fully saturated rings. The first-order valence-corrected chi connectivity index (χ1v) is 10.1. The van der Waals surface area contributed by atoms with E-state index in [9.17, 15) is 8.42 Å². The molecule has 4 nitrogen and oxygen atoms in total. The lowest BCUT2D eigenvalue weighted by atomic mass is 10.1. The average Bonchev–Trinajstić information content (AvgIpc) is 2.65. The van der Waals surface area contributed by atoms with Crippen LogP contribution in [0.3, 0.4) is 0 Å². The van der Waals surface area contributed by atoms with E-state index < -0.39 is 10.0 Å². The zero-order valence-electron chi connectivity index (χ0n) is 15.2. The van der Waals surface area contributed by atoms with Gasteiger partial charge in [0, 0.05) is 25.0 Å². The Balaban J connectivity index is 2.02. The van der Waals surface area contributed by atoms with Crippen LogP contribution in [0.25, 0.3) is 10.8 Å². The maximum Gasteiger partial charge on any atom is 0.244 e. The van der Waals surface area contributed by atoms with E-state index in [0.29, 0.717) is 24.5 Å². The van der Waals surface area contributed by atoms with Gasteiger partial charge >= 0.3 is 0 Å². The number of hydrogen-bond acceptors (Lipinski definition) is 3. The monoisotopic (exact) mass is 368 g/mol. The lowest BCUT2D eigenvalue weighted by Gasteiger charge is -2.24. The highest BCUT2D eigenvalue weighted by molar-refractivity contribution is 7.89. The van der Waals surface area contributed by atoms with Crippen LogP contribution in [0, 0.1) is 0 Å². The van der Waals surface area contributed by atoms with Crippen molar-refractivity contribution in [2.24, 2.45) is 0 Å². The highest BCUT2D eigenvalue weighted by Gasteiger charge is 2.26. The first-order chi connectivity index (χ1) is 12.5. The summed E-state index contributed by atoms with van der Waals surface area (Å²) in [5.41, 5.74) is 0.982. The number of hydrogen-bond donors (Lipinski definition) is 0. The molecule has 3 rings (SSSR count). The van der Waals surface area contributed by atoms with Crippen LogP contribution in [0.4, 0.5) is 0 Å². The molecule has 0 unspecified atom stereocenters. The van der Waals surface area contributed by atoms with Gasteiger partial charge in [-0.1, -0.05) is 66.7 Å². The molecule has 3 aromatic carbocycles. The van der Waals surface area contributed by atoms with E-state index >= 15 is 0 Å². The molecule has 0 bridgehead atoms. The minimum atomic E-state index is -3.61. The van der Waals surface area contributed by atoms with Gasteiger partial charge < -0.3 is 4.90 Å². The van der Waals surface area contributed by atoms with Gasteiger partial charge in [-0.25, -0.2) is 8.42 Å². The van der Waals surface area contributed by atoms with Crippen LogP contribution < -0.4 is 0 Å². The van der Waals surface area contributed by atoms with Gasteiger partial charge in [0.2, 0.25) is 10.0 Å². The third-order valence-corrected chi connectivity index (χ3v) is 6.27. The first kappa shape index (κ1) is 18.6. The second-order valence-corrected chi connectivity index (χ2v) is 8.51. The van der Waals surface area contributed by atoms with Crippen LogP contribution in [-0.2, 0) is 16.6 Å². The van der Waals surface area contributed by atoms with Gasteiger partial charge in [-0.15, -0.1) is 0 Å². The van der Waals surface area contributed by atoms with Crippen LogP contribution in [0.1, 0.15) is 5.56 Å². The Bertz CT molecular complexity index is 964. The molecule has 0 N–H and O–H groups in total. The summed E-state index contributed by atoms with van der Waals surface area (Å²) in [6.45, 7) is 1.46. The van der Waals surface area contributed by atoms with Gasteiger partial charge in [0.25, 0.3) is 0 Å². The summed E-state index contributed by atoms with van der Waals surface area (Å²) in [6, 6.07) is 22.8. The third kappa shape index (κ3) is 4.12. The molecule has 0 atom stereocenters. The molecular formula is C21H24N2O2S. The van der Waals surface area contributed by atoms with Crippen molar-refractivity contribution in [3.05, 3.63) is 78.4 Å². The second-order valence-electron chi connectivity index (χ2n) is 6.60. The highest BCUT2D eigenvalue weighted by Crippen LogP contribution is 2.26. The number of likely N-dealkylation sites (N-methyl/N-ethyl adjacent to an activating group) is 1.